The first-order chi connectivity index (χ1) is 17.7. The van der Waals surface area contributed by atoms with Gasteiger partial charge in [0, 0.05) is 44.8 Å². The lowest BCUT2D eigenvalue weighted by molar-refractivity contribution is -0.138. The molecule has 4 rings (SSSR count). The average Bonchev–Trinajstić information content (AvgIpc) is 2.91. The summed E-state index contributed by atoms with van der Waals surface area (Å²) >= 11 is 0. The topological polar surface area (TPSA) is 82.6 Å². The number of carbonyl (C=O) groups excluding carboxylic acids is 1. The Morgan fingerprint density at radius 2 is 1.65 bits per heavy atom. The van der Waals surface area contributed by atoms with E-state index in [-0.39, 0.29) is 25.2 Å². The van der Waals surface area contributed by atoms with Crippen LogP contribution < -0.4 is 4.74 Å². The third-order valence-electron chi connectivity index (χ3n) is 8.47. The van der Waals surface area contributed by atoms with Crippen LogP contribution in [0.15, 0.2) is 17.0 Å². The molecule has 3 heterocycles. The molecule has 0 bridgehead atoms. The highest BCUT2D eigenvalue weighted by Crippen LogP contribution is 2.32. The Labute approximate surface area is 222 Å². The van der Waals surface area contributed by atoms with Crippen molar-refractivity contribution in [1.29, 1.82) is 0 Å². The van der Waals surface area contributed by atoms with Crippen LogP contribution in [0, 0.1) is 13.8 Å². The summed E-state index contributed by atoms with van der Waals surface area (Å²) < 4.78 is 40.1. The molecule has 0 aromatic heterocycles. The van der Waals surface area contributed by atoms with Gasteiger partial charge in [-0.25, -0.2) is 8.42 Å². The van der Waals surface area contributed by atoms with E-state index < -0.39 is 10.0 Å². The standard InChI is InChI=1S/C27H44N4O5S/c1-21-22(2)26(9-8-25(21)35-4)37(33,34)31-12-6-5-7-24(31)19-36-20-27(32)30-17-15-29(16-18-30)23-10-13-28(3)14-11-23/h8-9,23-24H,5-7,10-20H2,1-4H3. The zero-order chi connectivity index (χ0) is 26.6. The summed E-state index contributed by atoms with van der Waals surface area (Å²) in [7, 11) is 0.0775. The highest BCUT2D eigenvalue weighted by Gasteiger charge is 2.35. The van der Waals surface area contributed by atoms with E-state index in [2.05, 4.69) is 16.8 Å². The second-order valence-electron chi connectivity index (χ2n) is 10.7. The van der Waals surface area contributed by atoms with Crippen molar-refractivity contribution >= 4 is 15.9 Å². The van der Waals surface area contributed by atoms with Gasteiger partial charge < -0.3 is 19.3 Å². The van der Waals surface area contributed by atoms with Crippen LogP contribution in [0.2, 0.25) is 0 Å². The first-order valence-electron chi connectivity index (χ1n) is 13.7. The van der Waals surface area contributed by atoms with Crippen molar-refractivity contribution in [2.45, 2.75) is 62.9 Å². The fraction of sp³-hybridized carbons (Fsp3) is 0.741. The average molecular weight is 537 g/mol. The SMILES string of the molecule is COc1ccc(S(=O)(=O)N2CCCCC2COCC(=O)N2CCN(C3CCN(C)CC3)CC2)c(C)c1C. The second-order valence-corrected chi connectivity index (χ2v) is 12.6. The molecular formula is C27H44N4O5S. The maximum absolute atomic E-state index is 13.6. The van der Waals surface area contributed by atoms with Gasteiger partial charge in [-0.05, 0) is 82.9 Å². The maximum atomic E-state index is 13.6. The molecule has 3 saturated heterocycles. The predicted octanol–water partition coefficient (Wildman–Crippen LogP) is 2.11. The lowest BCUT2D eigenvalue weighted by Gasteiger charge is -2.42. The largest absolute Gasteiger partial charge is 0.496 e. The second kappa shape index (κ2) is 12.4. The number of nitrogens with zero attached hydrogens (tertiary/aromatic N) is 4. The number of piperazine rings is 1. The molecule has 3 aliphatic rings. The Morgan fingerprint density at radius 1 is 0.946 bits per heavy atom. The predicted molar refractivity (Wildman–Crippen MR) is 143 cm³/mol. The molecule has 1 atom stereocenters. The van der Waals surface area contributed by atoms with Crippen LogP contribution in [0.5, 0.6) is 5.75 Å². The van der Waals surface area contributed by atoms with Crippen LogP contribution in [-0.4, -0.2) is 119 Å². The lowest BCUT2D eigenvalue weighted by Crippen LogP contribution is -2.54. The molecule has 208 valence electrons. The van der Waals surface area contributed by atoms with Gasteiger partial charge in [-0.3, -0.25) is 9.69 Å². The first-order valence-corrected chi connectivity index (χ1v) is 15.1. The summed E-state index contributed by atoms with van der Waals surface area (Å²) in [5.41, 5.74) is 1.54. The van der Waals surface area contributed by atoms with Crippen molar-refractivity contribution in [3.8, 4) is 5.75 Å². The van der Waals surface area contributed by atoms with Gasteiger partial charge in [0.15, 0.2) is 0 Å². The zero-order valence-corrected chi connectivity index (χ0v) is 23.8. The molecule has 3 aliphatic heterocycles. The van der Waals surface area contributed by atoms with Gasteiger partial charge in [-0.15, -0.1) is 0 Å². The van der Waals surface area contributed by atoms with Crippen LogP contribution in [0.25, 0.3) is 0 Å². The quantitative estimate of drug-likeness (QED) is 0.503. The molecule has 1 aromatic carbocycles. The van der Waals surface area contributed by atoms with E-state index in [4.69, 9.17) is 9.47 Å². The van der Waals surface area contributed by atoms with Crippen molar-refractivity contribution < 1.29 is 22.7 Å². The third kappa shape index (κ3) is 6.47. The molecule has 1 unspecified atom stereocenters. The number of hydrogen-bond acceptors (Lipinski definition) is 7. The van der Waals surface area contributed by atoms with Gasteiger partial charge in [-0.2, -0.15) is 4.31 Å². The minimum atomic E-state index is -3.69. The van der Waals surface area contributed by atoms with E-state index in [1.807, 2.05) is 18.7 Å². The highest BCUT2D eigenvalue weighted by molar-refractivity contribution is 7.89. The minimum absolute atomic E-state index is 0.000712. The van der Waals surface area contributed by atoms with E-state index in [0.717, 1.165) is 64.1 Å². The van der Waals surface area contributed by atoms with Gasteiger partial charge in [0.2, 0.25) is 15.9 Å². The number of rotatable bonds is 8. The number of sulfonamides is 1. The number of ether oxygens (including phenoxy) is 2. The monoisotopic (exact) mass is 536 g/mol. The van der Waals surface area contributed by atoms with Gasteiger partial charge >= 0.3 is 0 Å². The minimum Gasteiger partial charge on any atom is -0.496 e. The van der Waals surface area contributed by atoms with Crippen LogP contribution in [0.3, 0.4) is 0 Å². The Balaban J connectivity index is 1.29. The summed E-state index contributed by atoms with van der Waals surface area (Å²) in [4.78, 5) is 20.0. The van der Waals surface area contributed by atoms with Crippen molar-refractivity contribution in [2.24, 2.45) is 0 Å². The number of likely N-dealkylation sites (tertiary alicyclic amines) is 1. The third-order valence-corrected chi connectivity index (χ3v) is 10.6. The zero-order valence-electron chi connectivity index (χ0n) is 22.9. The van der Waals surface area contributed by atoms with Crippen molar-refractivity contribution in [3.63, 3.8) is 0 Å². The van der Waals surface area contributed by atoms with Crippen molar-refractivity contribution in [3.05, 3.63) is 23.3 Å². The molecule has 0 radical (unpaired) electrons. The normalized spacial score (nSPS) is 23.4. The van der Waals surface area contributed by atoms with Crippen LogP contribution in [0.1, 0.15) is 43.2 Å². The summed E-state index contributed by atoms with van der Waals surface area (Å²) in [5, 5.41) is 0. The van der Waals surface area contributed by atoms with E-state index >= 15 is 0 Å². The van der Waals surface area contributed by atoms with Crippen LogP contribution in [-0.2, 0) is 19.6 Å². The summed E-state index contributed by atoms with van der Waals surface area (Å²) in [5.74, 6) is 0.676. The molecule has 9 nitrogen and oxygen atoms in total. The molecule has 1 amide bonds. The molecule has 0 N–H and O–H groups in total. The highest BCUT2D eigenvalue weighted by atomic mass is 32.2. The van der Waals surface area contributed by atoms with Gasteiger partial charge in [0.05, 0.1) is 18.6 Å². The Morgan fingerprint density at radius 3 is 2.32 bits per heavy atom. The molecule has 10 heteroatoms. The van der Waals surface area contributed by atoms with Crippen LogP contribution in [0.4, 0.5) is 0 Å². The fourth-order valence-corrected chi connectivity index (χ4v) is 7.89. The number of carbonyl (C=O) groups is 1. The Hall–Kier alpha value is -1.72. The molecular weight excluding hydrogens is 492 g/mol. The van der Waals surface area contributed by atoms with Gasteiger partial charge in [-0.1, -0.05) is 6.42 Å². The fourth-order valence-electron chi connectivity index (χ4n) is 5.93. The summed E-state index contributed by atoms with van der Waals surface area (Å²) in [6.45, 7) is 9.97. The lowest BCUT2D eigenvalue weighted by atomic mass is 10.0. The number of benzene rings is 1. The van der Waals surface area contributed by atoms with Crippen molar-refractivity contribution in [1.82, 2.24) is 19.0 Å². The van der Waals surface area contributed by atoms with E-state index in [9.17, 15) is 13.2 Å². The van der Waals surface area contributed by atoms with Gasteiger partial charge in [0.1, 0.15) is 12.4 Å². The Kier molecular flexibility index (Phi) is 9.50. The molecule has 3 fully saturated rings. The summed E-state index contributed by atoms with van der Waals surface area (Å²) in [6, 6.07) is 3.71. The van der Waals surface area contributed by atoms with Crippen molar-refractivity contribution in [2.75, 3.05) is 73.2 Å². The number of piperidine rings is 2. The van der Waals surface area contributed by atoms with Crippen LogP contribution >= 0.6 is 0 Å². The first kappa shape index (κ1) is 28.3. The number of amides is 1. The van der Waals surface area contributed by atoms with E-state index in [1.54, 1.807) is 23.5 Å². The maximum Gasteiger partial charge on any atom is 0.248 e. The number of hydrogen-bond donors (Lipinski definition) is 0. The summed E-state index contributed by atoms with van der Waals surface area (Å²) in [6.07, 6.45) is 4.91. The smallest absolute Gasteiger partial charge is 0.248 e. The molecule has 0 aliphatic carbocycles. The molecule has 0 saturated carbocycles. The van der Waals surface area contributed by atoms with E-state index in [0.29, 0.717) is 28.8 Å². The van der Waals surface area contributed by atoms with E-state index in [1.165, 1.54) is 12.8 Å². The molecule has 1 aromatic rings. The number of methoxy groups -OCH3 is 1. The van der Waals surface area contributed by atoms with Gasteiger partial charge in [0.25, 0.3) is 0 Å². The Bertz CT molecular complexity index is 1030. The molecule has 0 spiro atoms. The molecule has 37 heavy (non-hydrogen) atoms.